The molecule has 2 heteroatoms. The van der Waals surface area contributed by atoms with Crippen LogP contribution in [0.15, 0.2) is 24.3 Å². The molecule has 1 aromatic carbocycles. The Balaban J connectivity index is 1.98. The normalized spacial score (nSPS) is 20.2. The third-order valence-corrected chi connectivity index (χ3v) is 4.72. The molecular weight excluding hydrogens is 254 g/mol. The number of hydrogen-bond acceptors (Lipinski definition) is 1. The van der Waals surface area contributed by atoms with Gasteiger partial charge in [-0.3, -0.25) is 0 Å². The zero-order valence-electron chi connectivity index (χ0n) is 12.2. The van der Waals surface area contributed by atoms with Crippen molar-refractivity contribution >= 4 is 11.6 Å². The summed E-state index contributed by atoms with van der Waals surface area (Å²) in [6, 6.07) is 9.30. The van der Waals surface area contributed by atoms with Crippen LogP contribution in [0.2, 0.25) is 5.02 Å². The maximum atomic E-state index is 6.10. The van der Waals surface area contributed by atoms with E-state index in [1.54, 1.807) is 0 Å². The lowest BCUT2D eigenvalue weighted by Crippen LogP contribution is -2.37. The van der Waals surface area contributed by atoms with Crippen molar-refractivity contribution in [1.29, 1.82) is 0 Å². The van der Waals surface area contributed by atoms with Gasteiger partial charge in [-0.25, -0.2) is 0 Å². The summed E-state index contributed by atoms with van der Waals surface area (Å²) in [6.45, 7) is 4.59. The quantitative estimate of drug-likeness (QED) is 0.766. The molecule has 0 heterocycles. The van der Waals surface area contributed by atoms with Crippen molar-refractivity contribution in [3.05, 3.63) is 34.9 Å². The summed E-state index contributed by atoms with van der Waals surface area (Å²) in [5.41, 5.74) is 1.32. The molecule has 0 aliphatic heterocycles. The molecule has 1 nitrogen and oxygen atoms in total. The van der Waals surface area contributed by atoms with Crippen LogP contribution in [0.25, 0.3) is 0 Å². The second-order valence-corrected chi connectivity index (χ2v) is 6.31. The Morgan fingerprint density at radius 1 is 1.26 bits per heavy atom. The Morgan fingerprint density at radius 3 is 2.63 bits per heavy atom. The van der Waals surface area contributed by atoms with E-state index in [2.05, 4.69) is 31.3 Å². The molecule has 0 spiro atoms. The lowest BCUT2D eigenvalue weighted by molar-refractivity contribution is 0.262. The van der Waals surface area contributed by atoms with Crippen LogP contribution in [0.4, 0.5) is 0 Å². The summed E-state index contributed by atoms with van der Waals surface area (Å²) in [7, 11) is 0. The first kappa shape index (κ1) is 14.9. The summed E-state index contributed by atoms with van der Waals surface area (Å²) in [5, 5.41) is 4.66. The van der Waals surface area contributed by atoms with Crippen molar-refractivity contribution in [2.45, 2.75) is 64.5 Å². The predicted molar refractivity (Wildman–Crippen MR) is 83.7 cm³/mol. The average Bonchev–Trinajstić information content (AvgIpc) is 2.45. The van der Waals surface area contributed by atoms with Crippen LogP contribution in [0, 0.1) is 5.92 Å². The van der Waals surface area contributed by atoms with Gasteiger partial charge in [0.25, 0.3) is 0 Å². The molecule has 1 aromatic rings. The van der Waals surface area contributed by atoms with E-state index in [4.69, 9.17) is 11.6 Å². The number of nitrogens with one attached hydrogen (secondary N) is 1. The highest BCUT2D eigenvalue weighted by Crippen LogP contribution is 2.28. The first-order valence-electron chi connectivity index (χ1n) is 7.72. The van der Waals surface area contributed by atoms with Crippen LogP contribution in [0.1, 0.15) is 64.0 Å². The number of halogens is 1. The lowest BCUT2D eigenvalue weighted by Gasteiger charge is -2.31. The van der Waals surface area contributed by atoms with Crippen molar-refractivity contribution in [3.8, 4) is 0 Å². The minimum atomic E-state index is 0.427. The fourth-order valence-corrected chi connectivity index (χ4v) is 3.46. The van der Waals surface area contributed by atoms with E-state index in [0.717, 1.165) is 17.4 Å². The molecule has 19 heavy (non-hydrogen) atoms. The zero-order chi connectivity index (χ0) is 13.7. The van der Waals surface area contributed by atoms with Crippen LogP contribution in [0.5, 0.6) is 0 Å². The van der Waals surface area contributed by atoms with Crippen molar-refractivity contribution in [3.63, 3.8) is 0 Å². The molecule has 1 saturated carbocycles. The smallest absolute Gasteiger partial charge is 0.0409 e. The second kappa shape index (κ2) is 7.31. The topological polar surface area (TPSA) is 12.0 Å². The van der Waals surface area contributed by atoms with Gasteiger partial charge in [-0.05, 0) is 49.8 Å². The largest absolute Gasteiger partial charge is 0.307 e. The Morgan fingerprint density at radius 2 is 2.00 bits per heavy atom. The first-order valence-corrected chi connectivity index (χ1v) is 8.10. The van der Waals surface area contributed by atoms with E-state index >= 15 is 0 Å². The molecule has 0 saturated heterocycles. The molecule has 0 bridgehead atoms. The SMILES string of the molecule is CCC(N[C@@H](C)C1CCCCC1)c1cccc(Cl)c1. The first-order chi connectivity index (χ1) is 9.20. The maximum absolute atomic E-state index is 6.10. The molecular formula is C17H26ClN. The highest BCUT2D eigenvalue weighted by atomic mass is 35.5. The van der Waals surface area contributed by atoms with Crippen LogP contribution in [-0.2, 0) is 0 Å². The van der Waals surface area contributed by atoms with Gasteiger partial charge >= 0.3 is 0 Å². The highest BCUT2D eigenvalue weighted by Gasteiger charge is 2.22. The number of rotatable bonds is 5. The Bertz CT molecular complexity index is 385. The van der Waals surface area contributed by atoms with Crippen LogP contribution in [-0.4, -0.2) is 6.04 Å². The Hall–Kier alpha value is -0.530. The Kier molecular flexibility index (Phi) is 5.72. The molecule has 1 aliphatic rings. The molecule has 1 unspecified atom stereocenters. The number of hydrogen-bond donors (Lipinski definition) is 1. The van der Waals surface area contributed by atoms with E-state index in [-0.39, 0.29) is 0 Å². The molecule has 2 rings (SSSR count). The van der Waals surface area contributed by atoms with Crippen LogP contribution < -0.4 is 5.32 Å². The van der Waals surface area contributed by atoms with E-state index in [0.29, 0.717) is 12.1 Å². The minimum Gasteiger partial charge on any atom is -0.307 e. The van der Waals surface area contributed by atoms with Gasteiger partial charge < -0.3 is 5.32 Å². The van der Waals surface area contributed by atoms with Gasteiger partial charge in [-0.2, -0.15) is 0 Å². The fraction of sp³-hybridized carbons (Fsp3) is 0.647. The van der Waals surface area contributed by atoms with Gasteiger partial charge in [0.2, 0.25) is 0 Å². The Labute approximate surface area is 122 Å². The monoisotopic (exact) mass is 279 g/mol. The van der Waals surface area contributed by atoms with E-state index in [1.807, 2.05) is 12.1 Å². The third kappa shape index (κ3) is 4.22. The fourth-order valence-electron chi connectivity index (χ4n) is 3.26. The highest BCUT2D eigenvalue weighted by molar-refractivity contribution is 6.30. The average molecular weight is 280 g/mol. The van der Waals surface area contributed by atoms with E-state index < -0.39 is 0 Å². The predicted octanol–water partition coefficient (Wildman–Crippen LogP) is 5.35. The van der Waals surface area contributed by atoms with Crippen molar-refractivity contribution in [2.75, 3.05) is 0 Å². The molecule has 1 N–H and O–H groups in total. The molecule has 0 radical (unpaired) electrons. The summed E-state index contributed by atoms with van der Waals surface area (Å²) < 4.78 is 0. The molecule has 1 fully saturated rings. The molecule has 0 amide bonds. The van der Waals surface area contributed by atoms with Gasteiger partial charge in [-0.15, -0.1) is 0 Å². The van der Waals surface area contributed by atoms with Crippen molar-refractivity contribution in [2.24, 2.45) is 5.92 Å². The summed E-state index contributed by atoms with van der Waals surface area (Å²) in [4.78, 5) is 0. The number of benzene rings is 1. The maximum Gasteiger partial charge on any atom is 0.0409 e. The van der Waals surface area contributed by atoms with Crippen LogP contribution >= 0.6 is 11.6 Å². The standard InChI is InChI=1S/C17H26ClN/c1-3-17(15-10-7-11-16(18)12-15)19-13(2)14-8-5-4-6-9-14/h7,10-14,17,19H,3-6,8-9H2,1-2H3/t13-,17?/m0/s1. The van der Waals surface area contributed by atoms with Gasteiger partial charge in [-0.1, -0.05) is 49.9 Å². The second-order valence-electron chi connectivity index (χ2n) is 5.87. The van der Waals surface area contributed by atoms with E-state index in [9.17, 15) is 0 Å². The molecule has 106 valence electrons. The summed E-state index contributed by atoms with van der Waals surface area (Å²) >= 11 is 6.10. The van der Waals surface area contributed by atoms with Crippen LogP contribution in [0.3, 0.4) is 0 Å². The third-order valence-electron chi connectivity index (χ3n) is 4.48. The van der Waals surface area contributed by atoms with Gasteiger partial charge in [0.15, 0.2) is 0 Å². The molecule has 1 aliphatic carbocycles. The minimum absolute atomic E-state index is 0.427. The lowest BCUT2D eigenvalue weighted by atomic mass is 9.84. The van der Waals surface area contributed by atoms with Crippen molar-refractivity contribution < 1.29 is 0 Å². The van der Waals surface area contributed by atoms with Gasteiger partial charge in [0, 0.05) is 17.1 Å². The summed E-state index contributed by atoms with van der Waals surface area (Å²) in [6.07, 6.45) is 8.13. The van der Waals surface area contributed by atoms with Gasteiger partial charge in [0.1, 0.15) is 0 Å². The van der Waals surface area contributed by atoms with Crippen molar-refractivity contribution in [1.82, 2.24) is 5.32 Å². The van der Waals surface area contributed by atoms with E-state index in [1.165, 1.54) is 37.7 Å². The molecule has 0 aromatic heterocycles. The molecule has 2 atom stereocenters. The van der Waals surface area contributed by atoms with Gasteiger partial charge in [0.05, 0.1) is 0 Å². The zero-order valence-corrected chi connectivity index (χ0v) is 12.9. The summed E-state index contributed by atoms with van der Waals surface area (Å²) in [5.74, 6) is 0.849.